The van der Waals surface area contributed by atoms with Gasteiger partial charge in [0, 0.05) is 10.5 Å². The second-order valence-electron chi connectivity index (χ2n) is 3.19. The second kappa shape index (κ2) is 7.13. The van der Waals surface area contributed by atoms with E-state index in [2.05, 4.69) is 31.9 Å². The summed E-state index contributed by atoms with van der Waals surface area (Å²) in [6.07, 6.45) is 0. The van der Waals surface area contributed by atoms with Crippen molar-refractivity contribution in [3.05, 3.63) is 67.6 Å². The van der Waals surface area contributed by atoms with Gasteiger partial charge in [0.15, 0.2) is 0 Å². The lowest BCUT2D eigenvalue weighted by Gasteiger charge is -1.94. The van der Waals surface area contributed by atoms with Gasteiger partial charge in [0.05, 0.1) is 9.40 Å². The summed E-state index contributed by atoms with van der Waals surface area (Å²) in [4.78, 5) is 9.86. The van der Waals surface area contributed by atoms with Gasteiger partial charge in [-0.15, -0.1) is 0 Å². The van der Waals surface area contributed by atoms with Crippen molar-refractivity contribution in [1.82, 2.24) is 0 Å². The van der Waals surface area contributed by atoms with Gasteiger partial charge in [0.2, 0.25) is 0 Å². The molecule has 0 heterocycles. The molecule has 2 aromatic carbocycles. The lowest BCUT2D eigenvalue weighted by atomic mass is 10.3. The SMILES string of the molecule is O=[N+]([O-])c1ccc(Br)cc1Br.Oc1ccccc1. The van der Waals surface area contributed by atoms with Gasteiger partial charge in [-0.05, 0) is 40.2 Å². The summed E-state index contributed by atoms with van der Waals surface area (Å²) in [7, 11) is 0. The zero-order valence-electron chi connectivity index (χ0n) is 9.09. The minimum Gasteiger partial charge on any atom is -0.508 e. The number of nitrogens with zero attached hydrogens (tertiary/aromatic N) is 1. The van der Waals surface area contributed by atoms with E-state index in [0.29, 0.717) is 10.2 Å². The van der Waals surface area contributed by atoms with E-state index in [9.17, 15) is 10.1 Å². The Balaban J connectivity index is 0.000000199. The Bertz CT molecular complexity index is 532. The monoisotopic (exact) mass is 373 g/mol. The molecule has 94 valence electrons. The number of para-hydroxylation sites is 1. The van der Waals surface area contributed by atoms with Crippen molar-refractivity contribution in [3.63, 3.8) is 0 Å². The molecule has 6 heteroatoms. The quantitative estimate of drug-likeness (QED) is 0.589. The van der Waals surface area contributed by atoms with Gasteiger partial charge in [0.25, 0.3) is 5.69 Å². The van der Waals surface area contributed by atoms with Gasteiger partial charge < -0.3 is 5.11 Å². The van der Waals surface area contributed by atoms with E-state index < -0.39 is 4.92 Å². The maximum absolute atomic E-state index is 10.3. The number of rotatable bonds is 1. The Morgan fingerprint density at radius 2 is 1.67 bits per heavy atom. The summed E-state index contributed by atoms with van der Waals surface area (Å²) >= 11 is 6.27. The molecule has 0 atom stereocenters. The van der Waals surface area contributed by atoms with Gasteiger partial charge >= 0.3 is 0 Å². The van der Waals surface area contributed by atoms with Crippen molar-refractivity contribution >= 4 is 37.5 Å². The highest BCUT2D eigenvalue weighted by atomic mass is 79.9. The number of hydrogen-bond acceptors (Lipinski definition) is 3. The maximum Gasteiger partial charge on any atom is 0.283 e. The zero-order valence-corrected chi connectivity index (χ0v) is 12.3. The molecule has 18 heavy (non-hydrogen) atoms. The van der Waals surface area contributed by atoms with Gasteiger partial charge in [-0.25, -0.2) is 0 Å². The van der Waals surface area contributed by atoms with Crippen LogP contribution in [0, 0.1) is 10.1 Å². The average Bonchev–Trinajstić information content (AvgIpc) is 2.30. The first-order chi connectivity index (χ1) is 8.50. The molecule has 0 bridgehead atoms. The molecular formula is C12H9Br2NO3. The Labute approximate surface area is 121 Å². The lowest BCUT2D eigenvalue weighted by Crippen LogP contribution is -1.88. The standard InChI is InChI=1S/C6H3Br2NO2.C6H6O/c7-4-1-2-6(9(10)11)5(8)3-4;7-6-4-2-1-3-5-6/h1-3H;1-5,7H. The number of nitro groups is 1. The fourth-order valence-electron chi connectivity index (χ4n) is 1.06. The third kappa shape index (κ3) is 4.85. The smallest absolute Gasteiger partial charge is 0.283 e. The highest BCUT2D eigenvalue weighted by Crippen LogP contribution is 2.27. The van der Waals surface area contributed by atoms with Crippen LogP contribution in [-0.4, -0.2) is 10.0 Å². The van der Waals surface area contributed by atoms with Gasteiger partial charge in [-0.1, -0.05) is 34.1 Å². The number of hydrogen-bond donors (Lipinski definition) is 1. The number of phenols is 1. The molecule has 0 aliphatic rings. The first kappa shape index (κ1) is 14.7. The van der Waals surface area contributed by atoms with E-state index in [1.807, 2.05) is 6.07 Å². The molecule has 0 unspecified atom stereocenters. The fraction of sp³-hybridized carbons (Fsp3) is 0. The first-order valence-electron chi connectivity index (χ1n) is 4.84. The number of halogens is 2. The van der Waals surface area contributed by atoms with Crippen LogP contribution in [0.15, 0.2) is 57.5 Å². The number of benzene rings is 2. The van der Waals surface area contributed by atoms with Crippen LogP contribution in [0.25, 0.3) is 0 Å². The highest BCUT2D eigenvalue weighted by molar-refractivity contribution is 9.11. The predicted molar refractivity (Wildman–Crippen MR) is 76.6 cm³/mol. The normalized spacial score (nSPS) is 9.22. The van der Waals surface area contributed by atoms with Gasteiger partial charge in [-0.3, -0.25) is 10.1 Å². The molecule has 0 aliphatic heterocycles. The summed E-state index contributed by atoms with van der Waals surface area (Å²) in [5.74, 6) is 0.322. The molecule has 0 aromatic heterocycles. The van der Waals surface area contributed by atoms with Crippen molar-refractivity contribution in [2.45, 2.75) is 0 Å². The molecule has 0 amide bonds. The van der Waals surface area contributed by atoms with Crippen LogP contribution in [0.3, 0.4) is 0 Å². The molecular weight excluding hydrogens is 366 g/mol. The predicted octanol–water partition coefficient (Wildman–Crippen LogP) is 4.51. The van der Waals surface area contributed by atoms with E-state index in [-0.39, 0.29) is 5.69 Å². The molecule has 0 radical (unpaired) electrons. The topological polar surface area (TPSA) is 63.4 Å². The fourth-order valence-corrected chi connectivity index (χ4v) is 2.25. The summed E-state index contributed by atoms with van der Waals surface area (Å²) in [6, 6.07) is 13.4. The molecule has 2 rings (SSSR count). The van der Waals surface area contributed by atoms with Crippen LogP contribution in [-0.2, 0) is 0 Å². The first-order valence-corrected chi connectivity index (χ1v) is 6.43. The summed E-state index contributed by atoms with van der Waals surface area (Å²) < 4.78 is 1.30. The van der Waals surface area contributed by atoms with Crippen LogP contribution in [0.1, 0.15) is 0 Å². The minimum absolute atomic E-state index is 0.0770. The van der Waals surface area contributed by atoms with Crippen LogP contribution in [0.5, 0.6) is 5.75 Å². The summed E-state index contributed by atoms with van der Waals surface area (Å²) in [5, 5.41) is 18.9. The highest BCUT2D eigenvalue weighted by Gasteiger charge is 2.09. The van der Waals surface area contributed by atoms with Gasteiger partial charge in [-0.2, -0.15) is 0 Å². The van der Waals surface area contributed by atoms with Crippen LogP contribution in [0.2, 0.25) is 0 Å². The van der Waals surface area contributed by atoms with Crippen molar-refractivity contribution < 1.29 is 10.0 Å². The largest absolute Gasteiger partial charge is 0.508 e. The average molecular weight is 375 g/mol. The Morgan fingerprint density at radius 3 is 2.06 bits per heavy atom. The van der Waals surface area contributed by atoms with E-state index in [0.717, 1.165) is 4.47 Å². The van der Waals surface area contributed by atoms with Crippen LogP contribution < -0.4 is 0 Å². The van der Waals surface area contributed by atoms with Crippen LogP contribution >= 0.6 is 31.9 Å². The summed E-state index contributed by atoms with van der Waals surface area (Å²) in [6.45, 7) is 0. The molecule has 0 spiro atoms. The molecule has 0 saturated heterocycles. The molecule has 1 N–H and O–H groups in total. The van der Waals surface area contributed by atoms with Crippen LogP contribution in [0.4, 0.5) is 5.69 Å². The van der Waals surface area contributed by atoms with Crippen molar-refractivity contribution in [2.75, 3.05) is 0 Å². The van der Waals surface area contributed by atoms with E-state index in [4.69, 9.17) is 5.11 Å². The number of nitro benzene ring substituents is 1. The summed E-state index contributed by atoms with van der Waals surface area (Å²) in [5.41, 5.74) is 0.0770. The molecule has 0 saturated carbocycles. The van der Waals surface area contributed by atoms with Gasteiger partial charge in [0.1, 0.15) is 5.75 Å². The maximum atomic E-state index is 10.3. The van der Waals surface area contributed by atoms with E-state index >= 15 is 0 Å². The Hall–Kier alpha value is -1.40. The number of phenolic OH excluding ortho intramolecular Hbond substituents is 1. The Morgan fingerprint density at radius 1 is 1.06 bits per heavy atom. The second-order valence-corrected chi connectivity index (χ2v) is 4.96. The van der Waals surface area contributed by atoms with Crippen molar-refractivity contribution in [2.24, 2.45) is 0 Å². The van der Waals surface area contributed by atoms with E-state index in [1.165, 1.54) is 6.07 Å². The molecule has 0 fully saturated rings. The third-order valence-corrected chi connectivity index (χ3v) is 2.99. The van der Waals surface area contributed by atoms with E-state index in [1.54, 1.807) is 36.4 Å². The Kier molecular flexibility index (Phi) is 5.80. The molecule has 4 nitrogen and oxygen atoms in total. The molecule has 2 aromatic rings. The van der Waals surface area contributed by atoms with Crippen molar-refractivity contribution in [3.8, 4) is 5.75 Å². The minimum atomic E-state index is -0.434. The zero-order chi connectivity index (χ0) is 13.5. The molecule has 0 aliphatic carbocycles. The lowest BCUT2D eigenvalue weighted by molar-refractivity contribution is -0.385. The number of aromatic hydroxyl groups is 1. The van der Waals surface area contributed by atoms with Crippen molar-refractivity contribution in [1.29, 1.82) is 0 Å². The third-order valence-electron chi connectivity index (χ3n) is 1.86.